The van der Waals surface area contributed by atoms with Gasteiger partial charge < -0.3 is 10.2 Å². The first-order chi connectivity index (χ1) is 14.6. The molecule has 1 aromatic heterocycles. The molecule has 0 fully saturated rings. The molecule has 5 nitrogen and oxygen atoms in total. The molecule has 0 atom stereocenters. The van der Waals surface area contributed by atoms with E-state index in [9.17, 15) is 10.2 Å². The topological polar surface area (TPSA) is 78.1 Å². The molecular weight excluding hydrogens is 374 g/mol. The van der Waals surface area contributed by atoms with Gasteiger partial charge in [-0.15, -0.1) is 13.2 Å². The number of phenols is 2. The Morgan fingerprint density at radius 1 is 0.767 bits per heavy atom. The lowest BCUT2D eigenvalue weighted by molar-refractivity contribution is 0.469. The molecule has 0 aliphatic carbocycles. The minimum atomic E-state index is 0.137. The van der Waals surface area contributed by atoms with Crippen molar-refractivity contribution in [2.24, 2.45) is 9.98 Å². The van der Waals surface area contributed by atoms with Crippen molar-refractivity contribution in [1.29, 1.82) is 0 Å². The van der Waals surface area contributed by atoms with Crippen LogP contribution in [-0.2, 0) is 12.8 Å². The summed E-state index contributed by atoms with van der Waals surface area (Å²) in [5.74, 6) is 0.809. The molecule has 5 heteroatoms. The highest BCUT2D eigenvalue weighted by molar-refractivity contribution is 5.86. The molecule has 0 aliphatic heterocycles. The number of hydrogen-bond acceptors (Lipinski definition) is 5. The Morgan fingerprint density at radius 2 is 1.43 bits per heavy atom. The first-order valence-electron chi connectivity index (χ1n) is 9.51. The van der Waals surface area contributed by atoms with Crippen LogP contribution in [0.4, 0.5) is 11.5 Å². The fourth-order valence-corrected chi connectivity index (χ4v) is 2.89. The molecule has 150 valence electrons. The number of para-hydroxylation sites is 2. The van der Waals surface area contributed by atoms with Crippen molar-refractivity contribution < 1.29 is 10.2 Å². The number of benzene rings is 2. The summed E-state index contributed by atoms with van der Waals surface area (Å²) in [5, 5.41) is 20.7. The third-order valence-electron chi connectivity index (χ3n) is 4.41. The lowest BCUT2D eigenvalue weighted by Gasteiger charge is -2.05. The molecule has 30 heavy (non-hydrogen) atoms. The second-order valence-electron chi connectivity index (χ2n) is 6.56. The van der Waals surface area contributed by atoms with Crippen molar-refractivity contribution >= 4 is 23.9 Å². The molecule has 0 saturated heterocycles. The van der Waals surface area contributed by atoms with E-state index in [-0.39, 0.29) is 11.5 Å². The summed E-state index contributed by atoms with van der Waals surface area (Å²) in [6.07, 6.45) is 7.78. The van der Waals surface area contributed by atoms with Crippen molar-refractivity contribution in [1.82, 2.24) is 4.98 Å². The molecule has 0 spiro atoms. The molecule has 2 aromatic carbocycles. The van der Waals surface area contributed by atoms with Gasteiger partial charge in [-0.05, 0) is 48.2 Å². The van der Waals surface area contributed by atoms with Crippen molar-refractivity contribution in [3.8, 4) is 11.5 Å². The highest BCUT2D eigenvalue weighted by Gasteiger charge is 2.05. The van der Waals surface area contributed by atoms with Crippen LogP contribution in [0.25, 0.3) is 0 Å². The van der Waals surface area contributed by atoms with Gasteiger partial charge in [0.25, 0.3) is 0 Å². The standard InChI is InChI=1S/C25H23N3O2/c1-3-8-18-10-5-12-20(24(18)29)16-27-23-15-7-13-21(28-23)17-26-22-14-6-11-19(9-4-2)25(22)30/h3-7,10-17,29-30H,1-2,8-9H2/b26-17?,27-16+. The Labute approximate surface area is 176 Å². The van der Waals surface area contributed by atoms with Gasteiger partial charge in [0.05, 0.1) is 11.9 Å². The zero-order chi connectivity index (χ0) is 21.3. The van der Waals surface area contributed by atoms with Crippen LogP contribution in [0.1, 0.15) is 22.4 Å². The third-order valence-corrected chi connectivity index (χ3v) is 4.41. The second kappa shape index (κ2) is 9.98. The molecule has 0 saturated carbocycles. The van der Waals surface area contributed by atoms with E-state index in [2.05, 4.69) is 28.1 Å². The SMILES string of the molecule is C=CCc1cccc(/C=N/c2cccc(C=Nc3cccc(CC=C)c3O)n2)c1O. The van der Waals surface area contributed by atoms with Crippen LogP contribution in [0, 0.1) is 0 Å². The largest absolute Gasteiger partial charge is 0.507 e. The highest BCUT2D eigenvalue weighted by Crippen LogP contribution is 2.30. The zero-order valence-electron chi connectivity index (χ0n) is 16.6. The molecule has 0 aliphatic rings. The van der Waals surface area contributed by atoms with E-state index < -0.39 is 0 Å². The molecule has 0 radical (unpaired) electrons. The molecule has 1 heterocycles. The van der Waals surface area contributed by atoms with Gasteiger partial charge in [-0.3, -0.25) is 4.99 Å². The number of nitrogens with zero attached hydrogens (tertiary/aromatic N) is 3. The normalized spacial score (nSPS) is 11.2. The van der Waals surface area contributed by atoms with Crippen molar-refractivity contribution in [2.75, 3.05) is 0 Å². The van der Waals surface area contributed by atoms with Gasteiger partial charge in [-0.2, -0.15) is 0 Å². The molecule has 0 unspecified atom stereocenters. The van der Waals surface area contributed by atoms with Crippen LogP contribution >= 0.6 is 0 Å². The summed E-state index contributed by atoms with van der Waals surface area (Å²) in [7, 11) is 0. The molecule has 3 rings (SSSR count). The summed E-state index contributed by atoms with van der Waals surface area (Å²) in [6.45, 7) is 7.40. The minimum Gasteiger partial charge on any atom is -0.507 e. The van der Waals surface area contributed by atoms with E-state index in [0.717, 1.165) is 11.1 Å². The predicted molar refractivity (Wildman–Crippen MR) is 123 cm³/mol. The fraction of sp³-hybridized carbons (Fsp3) is 0.0800. The number of aromatic hydroxyl groups is 2. The monoisotopic (exact) mass is 397 g/mol. The van der Waals surface area contributed by atoms with Crippen LogP contribution in [-0.4, -0.2) is 27.6 Å². The van der Waals surface area contributed by atoms with E-state index in [1.54, 1.807) is 48.8 Å². The van der Waals surface area contributed by atoms with E-state index >= 15 is 0 Å². The van der Waals surface area contributed by atoms with Gasteiger partial charge in [-0.25, -0.2) is 9.98 Å². The average molecular weight is 397 g/mol. The summed E-state index contributed by atoms with van der Waals surface area (Å²) in [4.78, 5) is 13.2. The fourth-order valence-electron chi connectivity index (χ4n) is 2.89. The van der Waals surface area contributed by atoms with Gasteiger partial charge in [-0.1, -0.05) is 42.5 Å². The van der Waals surface area contributed by atoms with Crippen LogP contribution in [0.3, 0.4) is 0 Å². The second-order valence-corrected chi connectivity index (χ2v) is 6.56. The number of aliphatic imine (C=N–C) groups is 2. The Kier molecular flexibility index (Phi) is 6.90. The maximum absolute atomic E-state index is 10.3. The smallest absolute Gasteiger partial charge is 0.152 e. The Morgan fingerprint density at radius 3 is 2.17 bits per heavy atom. The van der Waals surface area contributed by atoms with E-state index in [0.29, 0.717) is 35.6 Å². The minimum absolute atomic E-state index is 0.137. The molecular formula is C25H23N3O2. The van der Waals surface area contributed by atoms with Gasteiger partial charge in [0.1, 0.15) is 17.2 Å². The van der Waals surface area contributed by atoms with Crippen LogP contribution in [0.5, 0.6) is 11.5 Å². The van der Waals surface area contributed by atoms with E-state index in [4.69, 9.17) is 0 Å². The Hall–Kier alpha value is -3.99. The van der Waals surface area contributed by atoms with Crippen LogP contribution in [0.2, 0.25) is 0 Å². The van der Waals surface area contributed by atoms with Gasteiger partial charge in [0, 0.05) is 11.8 Å². The average Bonchev–Trinajstić information content (AvgIpc) is 2.75. The Balaban J connectivity index is 1.80. The maximum Gasteiger partial charge on any atom is 0.152 e. The zero-order valence-corrected chi connectivity index (χ0v) is 16.6. The van der Waals surface area contributed by atoms with Gasteiger partial charge in [0.15, 0.2) is 5.82 Å². The number of rotatable bonds is 8. The molecule has 2 N–H and O–H groups in total. The predicted octanol–water partition coefficient (Wildman–Crippen LogP) is 5.45. The maximum atomic E-state index is 10.3. The van der Waals surface area contributed by atoms with Crippen molar-refractivity contribution in [3.05, 3.63) is 102 Å². The van der Waals surface area contributed by atoms with Gasteiger partial charge in [0.2, 0.25) is 0 Å². The first-order valence-corrected chi connectivity index (χ1v) is 9.51. The lowest BCUT2D eigenvalue weighted by atomic mass is 10.1. The number of allylic oxidation sites excluding steroid dienone is 2. The molecule has 0 bridgehead atoms. The van der Waals surface area contributed by atoms with Crippen molar-refractivity contribution in [2.45, 2.75) is 12.8 Å². The summed E-state index contributed by atoms with van der Waals surface area (Å²) in [6, 6.07) is 16.3. The number of aromatic nitrogens is 1. The van der Waals surface area contributed by atoms with Gasteiger partial charge >= 0.3 is 0 Å². The van der Waals surface area contributed by atoms with Crippen LogP contribution < -0.4 is 0 Å². The summed E-state index contributed by atoms with van der Waals surface area (Å²) >= 11 is 0. The number of pyridine rings is 1. The van der Waals surface area contributed by atoms with E-state index in [1.165, 1.54) is 0 Å². The lowest BCUT2D eigenvalue weighted by Crippen LogP contribution is -1.90. The highest BCUT2D eigenvalue weighted by atomic mass is 16.3. The Bertz CT molecular complexity index is 1030. The first kappa shape index (κ1) is 20.7. The van der Waals surface area contributed by atoms with Crippen LogP contribution in [0.15, 0.2) is 89.9 Å². The molecule has 0 amide bonds. The quantitative estimate of drug-likeness (QED) is 0.392. The summed E-state index contributed by atoms with van der Waals surface area (Å²) < 4.78 is 0. The third kappa shape index (κ3) is 5.08. The van der Waals surface area contributed by atoms with E-state index in [1.807, 2.05) is 30.3 Å². The van der Waals surface area contributed by atoms with Crippen molar-refractivity contribution in [3.63, 3.8) is 0 Å². The number of phenolic OH excluding ortho intramolecular Hbond substituents is 2. The molecule has 3 aromatic rings. The summed E-state index contributed by atoms with van der Waals surface area (Å²) in [5.41, 5.74) is 3.24. The number of hydrogen-bond donors (Lipinski definition) is 2.